The van der Waals surface area contributed by atoms with Gasteiger partial charge < -0.3 is 10.3 Å². The molecular formula is C11H12BrN3. The Morgan fingerprint density at radius 3 is 2.33 bits per heavy atom. The van der Waals surface area contributed by atoms with Crippen LogP contribution in [0.4, 0.5) is 5.95 Å². The van der Waals surface area contributed by atoms with Crippen molar-refractivity contribution in [2.45, 2.75) is 6.92 Å². The molecule has 0 amide bonds. The summed E-state index contributed by atoms with van der Waals surface area (Å²) in [6, 6.07) is 8.12. The van der Waals surface area contributed by atoms with Gasteiger partial charge in [0.25, 0.3) is 0 Å². The number of nitrogen functional groups attached to an aromatic ring is 1. The number of halogens is 1. The van der Waals surface area contributed by atoms with Crippen molar-refractivity contribution < 1.29 is 0 Å². The number of aryl methyl sites for hydroxylation is 1. The fourth-order valence-corrected chi connectivity index (χ4v) is 1.93. The van der Waals surface area contributed by atoms with Crippen LogP contribution >= 0.6 is 15.9 Å². The summed E-state index contributed by atoms with van der Waals surface area (Å²) in [6.45, 7) is 1.97. The molecule has 0 saturated heterocycles. The van der Waals surface area contributed by atoms with E-state index in [9.17, 15) is 0 Å². The molecular weight excluding hydrogens is 254 g/mol. The molecule has 4 heteroatoms. The Morgan fingerprint density at radius 2 is 1.87 bits per heavy atom. The second-order valence-electron chi connectivity index (χ2n) is 3.47. The molecule has 1 heterocycles. The van der Waals surface area contributed by atoms with E-state index in [-0.39, 0.29) is 0 Å². The molecule has 0 aliphatic heterocycles. The van der Waals surface area contributed by atoms with Crippen LogP contribution in [0.25, 0.3) is 11.3 Å². The van der Waals surface area contributed by atoms with Crippen LogP contribution < -0.4 is 5.73 Å². The Hall–Kier alpha value is -1.29. The van der Waals surface area contributed by atoms with Gasteiger partial charge in [-0.05, 0) is 19.1 Å². The second-order valence-corrected chi connectivity index (χ2v) is 4.39. The van der Waals surface area contributed by atoms with Crippen molar-refractivity contribution in [1.82, 2.24) is 9.55 Å². The maximum Gasteiger partial charge on any atom is 0.200 e. The summed E-state index contributed by atoms with van der Waals surface area (Å²) in [5, 5.41) is 0. The van der Waals surface area contributed by atoms with E-state index in [1.165, 1.54) is 0 Å². The predicted octanol–water partition coefficient (Wildman–Crippen LogP) is 2.74. The van der Waals surface area contributed by atoms with Gasteiger partial charge in [-0.1, -0.05) is 28.1 Å². The molecule has 0 spiro atoms. The fraction of sp³-hybridized carbons (Fsp3) is 0.182. The summed E-state index contributed by atoms with van der Waals surface area (Å²) >= 11 is 3.41. The first kappa shape index (κ1) is 10.2. The number of hydrogen-bond acceptors (Lipinski definition) is 2. The molecule has 1 aromatic carbocycles. The van der Waals surface area contributed by atoms with Crippen LogP contribution in [0.3, 0.4) is 0 Å². The standard InChI is InChI=1S/C11H12BrN3/c1-7-10(15(2)11(13)14-7)8-3-5-9(12)6-4-8/h3-6H,1-2H3,(H2,13,14). The summed E-state index contributed by atoms with van der Waals surface area (Å²) in [5.41, 5.74) is 8.90. The van der Waals surface area contributed by atoms with Crippen LogP contribution in [0.1, 0.15) is 5.69 Å². The molecule has 3 nitrogen and oxygen atoms in total. The fourth-order valence-electron chi connectivity index (χ4n) is 1.67. The molecule has 0 aliphatic carbocycles. The van der Waals surface area contributed by atoms with E-state index in [1.807, 2.05) is 42.8 Å². The number of benzene rings is 1. The number of imidazole rings is 1. The average molecular weight is 266 g/mol. The van der Waals surface area contributed by atoms with E-state index in [2.05, 4.69) is 20.9 Å². The minimum Gasteiger partial charge on any atom is -0.369 e. The van der Waals surface area contributed by atoms with Crippen molar-refractivity contribution in [2.24, 2.45) is 7.05 Å². The molecule has 0 fully saturated rings. The van der Waals surface area contributed by atoms with E-state index in [0.29, 0.717) is 5.95 Å². The largest absolute Gasteiger partial charge is 0.369 e. The van der Waals surface area contributed by atoms with E-state index < -0.39 is 0 Å². The first-order chi connectivity index (χ1) is 7.09. The van der Waals surface area contributed by atoms with Gasteiger partial charge in [0, 0.05) is 17.1 Å². The Labute approximate surface area is 97.1 Å². The lowest BCUT2D eigenvalue weighted by Gasteiger charge is -2.04. The number of rotatable bonds is 1. The zero-order valence-electron chi connectivity index (χ0n) is 8.66. The van der Waals surface area contributed by atoms with E-state index in [4.69, 9.17) is 5.73 Å². The molecule has 1 aromatic heterocycles. The van der Waals surface area contributed by atoms with Crippen LogP contribution in [0.2, 0.25) is 0 Å². The molecule has 2 N–H and O–H groups in total. The van der Waals surface area contributed by atoms with Crippen LogP contribution in [0, 0.1) is 6.92 Å². The maximum atomic E-state index is 5.75. The number of anilines is 1. The summed E-state index contributed by atoms with van der Waals surface area (Å²) < 4.78 is 2.97. The summed E-state index contributed by atoms with van der Waals surface area (Å²) in [4.78, 5) is 4.24. The van der Waals surface area contributed by atoms with Gasteiger partial charge in [0.1, 0.15) is 0 Å². The number of nitrogens with two attached hydrogens (primary N) is 1. The summed E-state index contributed by atoms with van der Waals surface area (Å²) in [6.07, 6.45) is 0. The molecule has 15 heavy (non-hydrogen) atoms. The van der Waals surface area contributed by atoms with Gasteiger partial charge in [-0.3, -0.25) is 0 Å². The quantitative estimate of drug-likeness (QED) is 0.862. The van der Waals surface area contributed by atoms with Crippen LogP contribution in [0.15, 0.2) is 28.7 Å². The average Bonchev–Trinajstić information content (AvgIpc) is 2.44. The zero-order chi connectivity index (χ0) is 11.0. The minimum atomic E-state index is 0.547. The first-order valence-electron chi connectivity index (χ1n) is 4.64. The van der Waals surface area contributed by atoms with Gasteiger partial charge in [0.2, 0.25) is 5.95 Å². The van der Waals surface area contributed by atoms with E-state index in [0.717, 1.165) is 21.4 Å². The number of nitrogens with zero attached hydrogens (tertiary/aromatic N) is 2. The maximum absolute atomic E-state index is 5.75. The monoisotopic (exact) mass is 265 g/mol. The van der Waals surface area contributed by atoms with Crippen molar-refractivity contribution in [2.75, 3.05) is 5.73 Å². The number of aromatic nitrogens is 2. The Kier molecular flexibility index (Phi) is 2.52. The lowest BCUT2D eigenvalue weighted by molar-refractivity contribution is 0.937. The van der Waals surface area contributed by atoms with Crippen LogP contribution in [-0.2, 0) is 7.05 Å². The molecule has 78 valence electrons. The molecule has 0 aliphatic rings. The van der Waals surface area contributed by atoms with Crippen molar-refractivity contribution in [3.63, 3.8) is 0 Å². The highest BCUT2D eigenvalue weighted by Gasteiger charge is 2.10. The third kappa shape index (κ3) is 1.77. The molecule has 0 atom stereocenters. The summed E-state index contributed by atoms with van der Waals surface area (Å²) in [7, 11) is 1.92. The van der Waals surface area contributed by atoms with Crippen molar-refractivity contribution in [3.05, 3.63) is 34.4 Å². The highest BCUT2D eigenvalue weighted by molar-refractivity contribution is 9.10. The van der Waals surface area contributed by atoms with Crippen LogP contribution in [-0.4, -0.2) is 9.55 Å². The minimum absolute atomic E-state index is 0.547. The Morgan fingerprint density at radius 1 is 1.27 bits per heavy atom. The van der Waals surface area contributed by atoms with Crippen molar-refractivity contribution in [1.29, 1.82) is 0 Å². The van der Waals surface area contributed by atoms with Crippen LogP contribution in [0.5, 0.6) is 0 Å². The third-order valence-corrected chi connectivity index (χ3v) is 2.95. The molecule has 2 rings (SSSR count). The molecule has 0 bridgehead atoms. The SMILES string of the molecule is Cc1nc(N)n(C)c1-c1ccc(Br)cc1. The molecule has 0 unspecified atom stereocenters. The molecule has 2 aromatic rings. The van der Waals surface area contributed by atoms with Crippen molar-refractivity contribution >= 4 is 21.9 Å². The molecule has 0 radical (unpaired) electrons. The van der Waals surface area contributed by atoms with Gasteiger partial charge in [-0.15, -0.1) is 0 Å². The van der Waals surface area contributed by atoms with Gasteiger partial charge in [-0.25, -0.2) is 4.98 Å². The van der Waals surface area contributed by atoms with E-state index >= 15 is 0 Å². The normalized spacial score (nSPS) is 10.6. The lowest BCUT2D eigenvalue weighted by atomic mass is 10.1. The highest BCUT2D eigenvalue weighted by atomic mass is 79.9. The Balaban J connectivity index is 2.58. The predicted molar refractivity (Wildman–Crippen MR) is 65.5 cm³/mol. The summed E-state index contributed by atoms with van der Waals surface area (Å²) in [5.74, 6) is 0.547. The van der Waals surface area contributed by atoms with Gasteiger partial charge >= 0.3 is 0 Å². The smallest absolute Gasteiger partial charge is 0.200 e. The van der Waals surface area contributed by atoms with Gasteiger partial charge in [-0.2, -0.15) is 0 Å². The third-order valence-electron chi connectivity index (χ3n) is 2.42. The molecule has 0 saturated carbocycles. The van der Waals surface area contributed by atoms with Gasteiger partial charge in [0.15, 0.2) is 0 Å². The number of hydrogen-bond donors (Lipinski definition) is 1. The van der Waals surface area contributed by atoms with E-state index in [1.54, 1.807) is 0 Å². The topological polar surface area (TPSA) is 43.8 Å². The zero-order valence-corrected chi connectivity index (χ0v) is 10.2. The van der Waals surface area contributed by atoms with Crippen molar-refractivity contribution in [3.8, 4) is 11.3 Å². The second kappa shape index (κ2) is 3.70. The lowest BCUT2D eigenvalue weighted by Crippen LogP contribution is -1.98. The first-order valence-corrected chi connectivity index (χ1v) is 5.43. The Bertz CT molecular complexity index is 485. The highest BCUT2D eigenvalue weighted by Crippen LogP contribution is 2.25. The van der Waals surface area contributed by atoms with Gasteiger partial charge in [0.05, 0.1) is 11.4 Å².